The number of benzene rings is 3. The molecule has 1 aliphatic carbocycles. The molecule has 0 radical (unpaired) electrons. The average Bonchev–Trinajstić information content (AvgIpc) is 3.57. The minimum absolute atomic E-state index is 0.0810. The molecule has 252 valence electrons. The topological polar surface area (TPSA) is 103 Å². The molecule has 48 heavy (non-hydrogen) atoms. The number of aliphatic hydroxyl groups excluding tert-OH is 1. The van der Waals surface area contributed by atoms with E-state index >= 15 is 0 Å². The number of carbonyl (C=O) groups excluding carboxylic acids is 1. The quantitative estimate of drug-likeness (QED) is 0.125. The van der Waals surface area contributed by atoms with E-state index in [0.29, 0.717) is 36.7 Å². The van der Waals surface area contributed by atoms with E-state index in [1.165, 1.54) is 12.7 Å². The summed E-state index contributed by atoms with van der Waals surface area (Å²) in [4.78, 5) is 16.9. The number of aliphatic imine (C=N–C) groups is 1. The Labute approximate surface area is 287 Å². The lowest BCUT2D eigenvalue weighted by atomic mass is 9.79. The molecule has 2 atom stereocenters. The second-order valence-corrected chi connectivity index (χ2v) is 12.9. The lowest BCUT2D eigenvalue weighted by Gasteiger charge is -2.36. The van der Waals surface area contributed by atoms with Gasteiger partial charge in [0.05, 0.1) is 37.7 Å². The molecule has 3 N–H and O–H groups in total. The number of hydrogen-bond donors (Lipinski definition) is 2. The first-order chi connectivity index (χ1) is 23.3. The van der Waals surface area contributed by atoms with Crippen LogP contribution in [-0.2, 0) is 21.6 Å². The van der Waals surface area contributed by atoms with Gasteiger partial charge in [-0.15, -0.1) is 0 Å². The van der Waals surface area contributed by atoms with Crippen molar-refractivity contribution in [1.82, 2.24) is 0 Å². The van der Waals surface area contributed by atoms with Crippen LogP contribution in [0.2, 0.25) is 0 Å². The summed E-state index contributed by atoms with van der Waals surface area (Å²) < 4.78 is 23.9. The average molecular weight is 670 g/mol. The Bertz CT molecular complexity index is 1700. The molecule has 0 saturated carbocycles. The Morgan fingerprint density at radius 2 is 1.73 bits per heavy atom. The number of aliphatic hydroxyl groups is 1. The van der Waals surface area contributed by atoms with E-state index in [1.54, 1.807) is 30.0 Å². The van der Waals surface area contributed by atoms with Crippen LogP contribution in [0.4, 0.5) is 0 Å². The van der Waals surface area contributed by atoms with Crippen molar-refractivity contribution in [3.05, 3.63) is 125 Å². The minimum Gasteiger partial charge on any atom is -0.507 e. The number of nitrogens with two attached hydrogens (primary N) is 1. The molecule has 0 fully saturated rings. The van der Waals surface area contributed by atoms with Crippen molar-refractivity contribution in [2.45, 2.75) is 57.8 Å². The Kier molecular flexibility index (Phi) is 12.2. The Hall–Kier alpha value is -4.31. The van der Waals surface area contributed by atoms with Gasteiger partial charge in [0.25, 0.3) is 5.17 Å². The van der Waals surface area contributed by atoms with Crippen LogP contribution in [-0.4, -0.2) is 42.2 Å². The summed E-state index contributed by atoms with van der Waals surface area (Å²) in [5.41, 5.74) is 3.62. The summed E-state index contributed by atoms with van der Waals surface area (Å²) in [7, 11) is 1.36. The largest absolute Gasteiger partial charge is 0.507 e. The fourth-order valence-corrected chi connectivity index (χ4v) is 6.73. The van der Waals surface area contributed by atoms with Gasteiger partial charge < -0.3 is 24.1 Å². The second kappa shape index (κ2) is 16.7. The second-order valence-electron chi connectivity index (χ2n) is 11.9. The smallest absolute Gasteiger partial charge is 0.341 e. The molecular formula is C39H45N2O6S+. The van der Waals surface area contributed by atoms with Crippen molar-refractivity contribution in [3.8, 4) is 17.2 Å². The lowest BCUT2D eigenvalue weighted by molar-refractivity contribution is -0.469. The summed E-state index contributed by atoms with van der Waals surface area (Å²) in [6, 6.07) is 23.1. The van der Waals surface area contributed by atoms with Crippen LogP contribution in [0.5, 0.6) is 17.2 Å². The first kappa shape index (κ1) is 35.0. The van der Waals surface area contributed by atoms with Crippen LogP contribution in [0, 0.1) is 5.92 Å². The van der Waals surface area contributed by atoms with Crippen LogP contribution in [0.3, 0.4) is 0 Å². The number of para-hydroxylation sites is 1. The monoisotopic (exact) mass is 669 g/mol. The van der Waals surface area contributed by atoms with Gasteiger partial charge in [0.1, 0.15) is 28.6 Å². The lowest BCUT2D eigenvalue weighted by Crippen LogP contribution is -2.83. The van der Waals surface area contributed by atoms with Gasteiger partial charge in [0.2, 0.25) is 0 Å². The molecule has 1 heterocycles. The Morgan fingerprint density at radius 3 is 2.50 bits per heavy atom. The number of methoxy groups -OCH3 is 1. The van der Waals surface area contributed by atoms with Crippen molar-refractivity contribution in [1.29, 1.82) is 0 Å². The molecule has 0 saturated heterocycles. The standard InChI is InChI=1S/C39H44N2O6S/c1-5-14-29-34(19-12-20-35(29)47-36-18-11-10-17-30(36)37(43)44-4)45-21-13-22-46-39(3)24-33(42)31(23-28(39)6-2)32-25-40-38(41-32)48-26-27-15-8-7-9-16-27/h7-12,15-20,23-25,28,42H,5-6,13-14,21-22,26H2,1-4H3,(H,40,41)/p+1. The third-order valence-corrected chi connectivity index (χ3v) is 9.45. The van der Waals surface area contributed by atoms with Gasteiger partial charge >= 0.3 is 5.97 Å². The van der Waals surface area contributed by atoms with Gasteiger partial charge in [-0.05, 0) is 67.4 Å². The van der Waals surface area contributed by atoms with Crippen molar-refractivity contribution in [2.75, 3.05) is 20.3 Å². The van der Waals surface area contributed by atoms with Crippen LogP contribution in [0.15, 0.2) is 113 Å². The molecule has 0 amide bonds. The van der Waals surface area contributed by atoms with Gasteiger partial charge in [0.15, 0.2) is 5.70 Å². The van der Waals surface area contributed by atoms with Gasteiger partial charge in [-0.2, -0.15) is 4.99 Å². The summed E-state index contributed by atoms with van der Waals surface area (Å²) >= 11 is 1.69. The van der Waals surface area contributed by atoms with Gasteiger partial charge in [0, 0.05) is 23.7 Å². The molecule has 0 bridgehead atoms. The fourth-order valence-electron chi connectivity index (χ4n) is 5.88. The molecule has 2 unspecified atom stereocenters. The fraction of sp³-hybridized carbons (Fsp3) is 0.333. The summed E-state index contributed by atoms with van der Waals surface area (Å²) in [6.45, 7) is 7.18. The van der Waals surface area contributed by atoms with Crippen LogP contribution in [0.25, 0.3) is 0 Å². The molecule has 2 aliphatic rings. The van der Waals surface area contributed by atoms with Crippen molar-refractivity contribution in [3.63, 3.8) is 0 Å². The molecule has 0 spiro atoms. The SMILES string of the molecule is CCCc1c(OCCCOC2(C)C=C(O)C(C3=CN=C(SCc4ccccc4)[NH2+]3)=CC2CC)cccc1Oc1ccccc1C(=O)OC. The number of nitrogens with zero attached hydrogens (tertiary/aromatic N) is 1. The predicted molar refractivity (Wildman–Crippen MR) is 191 cm³/mol. The third-order valence-electron chi connectivity index (χ3n) is 8.46. The van der Waals surface area contributed by atoms with E-state index in [-0.39, 0.29) is 11.7 Å². The van der Waals surface area contributed by atoms with Crippen LogP contribution in [0.1, 0.15) is 61.5 Å². The van der Waals surface area contributed by atoms with Gasteiger partial charge in [-0.1, -0.05) is 74.9 Å². The molecule has 9 heteroatoms. The number of amidine groups is 1. The zero-order chi connectivity index (χ0) is 33.9. The first-order valence-electron chi connectivity index (χ1n) is 16.5. The molecule has 0 aromatic heterocycles. The molecule has 5 rings (SSSR count). The van der Waals surface area contributed by atoms with E-state index in [2.05, 4.69) is 37.0 Å². The van der Waals surface area contributed by atoms with E-state index in [9.17, 15) is 9.90 Å². The maximum atomic E-state index is 12.3. The van der Waals surface area contributed by atoms with Crippen LogP contribution < -0.4 is 14.8 Å². The van der Waals surface area contributed by atoms with E-state index in [1.807, 2.05) is 67.0 Å². The highest BCUT2D eigenvalue weighted by Crippen LogP contribution is 2.38. The van der Waals surface area contributed by atoms with Gasteiger partial charge in [-0.3, -0.25) is 5.32 Å². The summed E-state index contributed by atoms with van der Waals surface area (Å²) in [5.74, 6) is 2.51. The number of esters is 1. The van der Waals surface area contributed by atoms with Gasteiger partial charge in [-0.25, -0.2) is 4.79 Å². The number of rotatable bonds is 15. The highest BCUT2D eigenvalue weighted by atomic mass is 32.2. The Morgan fingerprint density at radius 1 is 0.979 bits per heavy atom. The number of thioether (sulfide) groups is 1. The predicted octanol–water partition coefficient (Wildman–Crippen LogP) is 7.88. The highest BCUT2D eigenvalue weighted by Gasteiger charge is 2.38. The molecular weight excluding hydrogens is 625 g/mol. The number of ether oxygens (including phenoxy) is 4. The molecule has 8 nitrogen and oxygen atoms in total. The van der Waals surface area contributed by atoms with Crippen molar-refractivity contribution < 1.29 is 34.2 Å². The molecule has 3 aromatic rings. The van der Waals surface area contributed by atoms with E-state index in [4.69, 9.17) is 18.9 Å². The van der Waals surface area contributed by atoms with Crippen LogP contribution >= 0.6 is 11.8 Å². The normalized spacial score (nSPS) is 18.8. The number of hydrogen-bond acceptors (Lipinski definition) is 8. The molecule has 3 aromatic carbocycles. The first-order valence-corrected chi connectivity index (χ1v) is 17.5. The minimum atomic E-state index is -0.651. The summed E-state index contributed by atoms with van der Waals surface area (Å²) in [6.07, 6.45) is 8.97. The van der Waals surface area contributed by atoms with E-state index < -0.39 is 11.6 Å². The number of quaternary nitrogens is 1. The van der Waals surface area contributed by atoms with E-state index in [0.717, 1.165) is 52.8 Å². The Balaban J connectivity index is 1.15. The maximum Gasteiger partial charge on any atom is 0.341 e. The van der Waals surface area contributed by atoms with Crippen molar-refractivity contribution in [2.24, 2.45) is 10.9 Å². The zero-order valence-electron chi connectivity index (χ0n) is 28.1. The summed E-state index contributed by atoms with van der Waals surface area (Å²) in [5, 5.41) is 14.1. The number of carbonyl (C=O) groups is 1. The third kappa shape index (κ3) is 8.58. The molecule has 1 aliphatic heterocycles. The zero-order valence-corrected chi connectivity index (χ0v) is 28.9. The van der Waals surface area contributed by atoms with Crippen molar-refractivity contribution >= 4 is 22.9 Å². The highest BCUT2D eigenvalue weighted by molar-refractivity contribution is 8.12. The maximum absolute atomic E-state index is 12.3.